The first-order chi connectivity index (χ1) is 9.30. The predicted octanol–water partition coefficient (Wildman–Crippen LogP) is 2.40. The molecule has 1 N–H and O–H groups in total. The summed E-state index contributed by atoms with van der Waals surface area (Å²) in [7, 11) is 3.20. The van der Waals surface area contributed by atoms with Crippen molar-refractivity contribution in [2.75, 3.05) is 32.7 Å². The number of anilines is 1. The van der Waals surface area contributed by atoms with Gasteiger partial charge in [0.1, 0.15) is 5.75 Å². The molecular formula is C14H20N2O3. The second kappa shape index (κ2) is 9.20. The average Bonchev–Trinajstić information content (AvgIpc) is 2.45. The Morgan fingerprint density at radius 1 is 1.32 bits per heavy atom. The fourth-order valence-electron chi connectivity index (χ4n) is 1.50. The lowest BCUT2D eigenvalue weighted by Crippen LogP contribution is -2.23. The van der Waals surface area contributed by atoms with Crippen LogP contribution in [0.1, 0.15) is 12.8 Å². The van der Waals surface area contributed by atoms with Gasteiger partial charge in [0.05, 0.1) is 19.2 Å². The molecule has 0 saturated heterocycles. The molecule has 0 heterocycles. The van der Waals surface area contributed by atoms with Crippen LogP contribution in [0.3, 0.4) is 0 Å². The van der Waals surface area contributed by atoms with Crippen molar-refractivity contribution in [3.8, 4) is 11.8 Å². The van der Waals surface area contributed by atoms with Crippen LogP contribution >= 0.6 is 0 Å². The lowest BCUT2D eigenvalue weighted by Gasteiger charge is -2.15. The van der Waals surface area contributed by atoms with Gasteiger partial charge in [0.25, 0.3) is 0 Å². The summed E-state index contributed by atoms with van der Waals surface area (Å²) in [5, 5.41) is 11.6. The van der Waals surface area contributed by atoms with Crippen molar-refractivity contribution >= 4 is 5.69 Å². The zero-order valence-corrected chi connectivity index (χ0v) is 11.4. The quantitative estimate of drug-likeness (QED) is 0.548. The number of nitriles is 1. The summed E-state index contributed by atoms with van der Waals surface area (Å²) in [6.45, 7) is 1.11. The summed E-state index contributed by atoms with van der Waals surface area (Å²) in [5.41, 5.74) is 0.942. The molecule has 0 aliphatic carbocycles. The van der Waals surface area contributed by atoms with E-state index in [-0.39, 0.29) is 6.29 Å². The van der Waals surface area contributed by atoms with E-state index >= 15 is 0 Å². The van der Waals surface area contributed by atoms with Crippen LogP contribution in [-0.2, 0) is 9.47 Å². The molecule has 5 nitrogen and oxygen atoms in total. The third kappa shape index (κ3) is 6.09. The summed E-state index contributed by atoms with van der Waals surface area (Å²) in [6.07, 6.45) is 0.977. The number of rotatable bonds is 9. The number of benzene rings is 1. The minimum atomic E-state index is -0.278. The van der Waals surface area contributed by atoms with Gasteiger partial charge >= 0.3 is 0 Å². The highest BCUT2D eigenvalue weighted by molar-refractivity contribution is 5.48. The molecule has 1 aromatic carbocycles. The minimum Gasteiger partial charge on any atom is -0.493 e. The molecule has 0 saturated carbocycles. The van der Waals surface area contributed by atoms with E-state index in [1.165, 1.54) is 0 Å². The number of hydrogen-bond donors (Lipinski definition) is 1. The number of unbranched alkanes of at least 4 members (excludes halogenated alkanes) is 1. The van der Waals surface area contributed by atoms with Crippen molar-refractivity contribution in [1.29, 1.82) is 5.26 Å². The van der Waals surface area contributed by atoms with Crippen molar-refractivity contribution in [2.45, 2.75) is 19.1 Å². The number of hydrogen-bond acceptors (Lipinski definition) is 5. The van der Waals surface area contributed by atoms with Crippen molar-refractivity contribution in [1.82, 2.24) is 0 Å². The first kappa shape index (κ1) is 15.3. The van der Waals surface area contributed by atoms with Crippen LogP contribution in [-0.4, -0.2) is 33.7 Å². The molecule has 0 unspecified atom stereocenters. The van der Waals surface area contributed by atoms with Gasteiger partial charge in [-0.3, -0.25) is 0 Å². The molecule has 0 atom stereocenters. The number of methoxy groups -OCH3 is 2. The van der Waals surface area contributed by atoms with Gasteiger partial charge in [-0.2, -0.15) is 5.26 Å². The van der Waals surface area contributed by atoms with Gasteiger partial charge in [0.2, 0.25) is 0 Å². The van der Waals surface area contributed by atoms with E-state index < -0.39 is 0 Å². The van der Waals surface area contributed by atoms with Gasteiger partial charge in [0, 0.05) is 32.4 Å². The molecular weight excluding hydrogens is 244 g/mol. The Hall–Kier alpha value is -1.77. The van der Waals surface area contributed by atoms with Crippen LogP contribution in [0.5, 0.6) is 5.75 Å². The third-order valence-corrected chi connectivity index (χ3v) is 2.53. The molecule has 0 bridgehead atoms. The molecule has 5 heteroatoms. The minimum absolute atomic E-state index is 0.278. The second-order valence-electron chi connectivity index (χ2n) is 3.92. The summed E-state index contributed by atoms with van der Waals surface area (Å²) in [6, 6.07) is 9.76. The Bertz CT molecular complexity index is 400. The monoisotopic (exact) mass is 264 g/mol. The van der Waals surface area contributed by atoms with Gasteiger partial charge in [-0.15, -0.1) is 0 Å². The lowest BCUT2D eigenvalue weighted by molar-refractivity contribution is -0.0914. The molecule has 0 radical (unpaired) electrons. The summed E-state index contributed by atoms with van der Waals surface area (Å²) < 4.78 is 15.7. The zero-order chi connectivity index (χ0) is 13.9. The highest BCUT2D eigenvalue weighted by Crippen LogP contribution is 2.17. The van der Waals surface area contributed by atoms with E-state index in [0.29, 0.717) is 19.6 Å². The Labute approximate surface area is 114 Å². The fraction of sp³-hybridized carbons (Fsp3) is 0.500. The molecule has 19 heavy (non-hydrogen) atoms. The van der Waals surface area contributed by atoms with Gasteiger partial charge in [-0.1, -0.05) is 6.07 Å². The Morgan fingerprint density at radius 3 is 2.79 bits per heavy atom. The molecule has 104 valence electrons. The third-order valence-electron chi connectivity index (χ3n) is 2.53. The molecule has 0 aliphatic heterocycles. The fourth-order valence-corrected chi connectivity index (χ4v) is 1.50. The van der Waals surface area contributed by atoms with Crippen molar-refractivity contribution in [3.63, 3.8) is 0 Å². The Balaban J connectivity index is 2.41. The summed E-state index contributed by atoms with van der Waals surface area (Å²) in [5.74, 6) is 0.786. The van der Waals surface area contributed by atoms with Crippen LogP contribution in [0, 0.1) is 11.3 Å². The molecule has 1 rings (SSSR count). The van der Waals surface area contributed by atoms with Crippen LogP contribution < -0.4 is 10.1 Å². The van der Waals surface area contributed by atoms with Gasteiger partial charge in [-0.25, -0.2) is 0 Å². The lowest BCUT2D eigenvalue weighted by atomic mass is 10.3. The smallest absolute Gasteiger partial charge is 0.173 e. The topological polar surface area (TPSA) is 63.5 Å². The van der Waals surface area contributed by atoms with Crippen molar-refractivity contribution in [2.24, 2.45) is 0 Å². The maximum absolute atomic E-state index is 8.44. The van der Waals surface area contributed by atoms with E-state index in [1.807, 2.05) is 24.3 Å². The van der Waals surface area contributed by atoms with Crippen LogP contribution in [0.4, 0.5) is 5.69 Å². The highest BCUT2D eigenvalue weighted by Gasteiger charge is 2.04. The maximum Gasteiger partial charge on any atom is 0.173 e. The van der Waals surface area contributed by atoms with E-state index in [1.54, 1.807) is 14.2 Å². The van der Waals surface area contributed by atoms with Crippen molar-refractivity contribution < 1.29 is 14.2 Å². The normalized spacial score (nSPS) is 10.2. The molecule has 0 aromatic heterocycles. The van der Waals surface area contributed by atoms with Gasteiger partial charge in [-0.05, 0) is 18.6 Å². The summed E-state index contributed by atoms with van der Waals surface area (Å²) >= 11 is 0. The number of ether oxygens (including phenoxy) is 3. The predicted molar refractivity (Wildman–Crippen MR) is 73.1 cm³/mol. The zero-order valence-electron chi connectivity index (χ0n) is 11.4. The second-order valence-corrected chi connectivity index (χ2v) is 3.92. The number of nitrogens with zero attached hydrogens (tertiary/aromatic N) is 1. The first-order valence-electron chi connectivity index (χ1n) is 6.19. The first-order valence-corrected chi connectivity index (χ1v) is 6.19. The highest BCUT2D eigenvalue weighted by atomic mass is 16.7. The van der Waals surface area contributed by atoms with E-state index in [0.717, 1.165) is 17.9 Å². The Kier molecular flexibility index (Phi) is 7.40. The molecule has 0 fully saturated rings. The van der Waals surface area contributed by atoms with Crippen LogP contribution in [0.15, 0.2) is 24.3 Å². The molecule has 0 aliphatic rings. The molecule has 0 amide bonds. The standard InChI is InChI=1S/C14H20N2O3/c1-17-14(18-2)11-16-12-6-5-7-13(10-12)19-9-4-3-8-15/h5-7,10,14,16H,3-4,9,11H2,1-2H3. The average molecular weight is 264 g/mol. The molecule has 1 aromatic rings. The maximum atomic E-state index is 8.44. The Morgan fingerprint density at radius 2 is 2.11 bits per heavy atom. The van der Waals surface area contributed by atoms with Crippen LogP contribution in [0.25, 0.3) is 0 Å². The number of nitrogens with one attached hydrogen (secondary N) is 1. The van der Waals surface area contributed by atoms with Crippen molar-refractivity contribution in [3.05, 3.63) is 24.3 Å². The largest absolute Gasteiger partial charge is 0.493 e. The van der Waals surface area contributed by atoms with E-state index in [4.69, 9.17) is 19.5 Å². The van der Waals surface area contributed by atoms with Gasteiger partial charge < -0.3 is 19.5 Å². The van der Waals surface area contributed by atoms with E-state index in [2.05, 4.69) is 11.4 Å². The summed E-state index contributed by atoms with van der Waals surface area (Å²) in [4.78, 5) is 0. The SMILES string of the molecule is COC(CNc1cccc(OCCCC#N)c1)OC. The van der Waals surface area contributed by atoms with Gasteiger partial charge in [0.15, 0.2) is 6.29 Å². The van der Waals surface area contributed by atoms with E-state index in [9.17, 15) is 0 Å². The molecule has 0 spiro atoms. The van der Waals surface area contributed by atoms with Crippen LogP contribution in [0.2, 0.25) is 0 Å².